The minimum Gasteiger partial charge on any atom is -0.403 e. The molecule has 0 N–H and O–H groups in total. The van der Waals surface area contributed by atoms with Crippen molar-refractivity contribution in [2.75, 3.05) is 0 Å². The molecule has 0 bridgehead atoms. The predicted octanol–water partition coefficient (Wildman–Crippen LogP) is 3.66. The summed E-state index contributed by atoms with van der Waals surface area (Å²) in [6.07, 6.45) is 5.30. The van der Waals surface area contributed by atoms with E-state index < -0.39 is 0 Å². The Balaban J connectivity index is 1.86. The molecule has 0 unspecified atom stereocenters. The molecule has 2 aliphatic rings. The second-order valence-electron chi connectivity index (χ2n) is 6.43. The molecule has 0 radical (unpaired) electrons. The topological polar surface area (TPSA) is 18.5 Å². The largest absolute Gasteiger partial charge is 0.461 e. The molecule has 16 heavy (non-hydrogen) atoms. The van der Waals surface area contributed by atoms with Crippen LogP contribution in [0, 0.1) is 5.92 Å². The standard InChI is InChI=1S/C13H25BO2/c1-6-7-8-10-9-11(10)14-15-12(2,3)13(4,5)16-14/h10-11H,6-9H2,1-5H3/t10-,11-/m0/s1. The molecule has 3 heteroatoms. The molecule has 92 valence electrons. The van der Waals surface area contributed by atoms with Crippen molar-refractivity contribution in [3.05, 3.63) is 0 Å². The molecule has 0 amide bonds. The van der Waals surface area contributed by atoms with E-state index in [1.54, 1.807) is 0 Å². The average Bonchev–Trinajstić information content (AvgIpc) is 2.87. The fourth-order valence-corrected chi connectivity index (χ4v) is 2.47. The molecule has 1 heterocycles. The van der Waals surface area contributed by atoms with E-state index >= 15 is 0 Å². The van der Waals surface area contributed by atoms with Crippen LogP contribution in [0.15, 0.2) is 0 Å². The molecule has 2 rings (SSSR count). The SMILES string of the molecule is CCCC[C@H]1C[C@@H]1B1OC(C)(C)C(C)(C)O1. The van der Waals surface area contributed by atoms with Gasteiger partial charge in [0, 0.05) is 0 Å². The molecule has 0 spiro atoms. The Morgan fingerprint density at radius 1 is 1.12 bits per heavy atom. The van der Waals surface area contributed by atoms with Crippen LogP contribution in [-0.2, 0) is 9.31 Å². The number of unbranched alkanes of at least 4 members (excludes halogenated alkanes) is 1. The predicted molar refractivity (Wildman–Crippen MR) is 67.5 cm³/mol. The van der Waals surface area contributed by atoms with E-state index in [2.05, 4.69) is 34.6 Å². The Morgan fingerprint density at radius 2 is 1.69 bits per heavy atom. The van der Waals surface area contributed by atoms with Gasteiger partial charge >= 0.3 is 7.12 Å². The zero-order valence-corrected chi connectivity index (χ0v) is 11.4. The van der Waals surface area contributed by atoms with Crippen LogP contribution >= 0.6 is 0 Å². The highest BCUT2D eigenvalue weighted by Gasteiger charge is 2.59. The van der Waals surface area contributed by atoms with Crippen molar-refractivity contribution < 1.29 is 9.31 Å². The maximum absolute atomic E-state index is 6.08. The molecule has 1 saturated carbocycles. The lowest BCUT2D eigenvalue weighted by atomic mass is 9.80. The molecule has 1 saturated heterocycles. The first-order chi connectivity index (χ1) is 7.37. The summed E-state index contributed by atoms with van der Waals surface area (Å²) in [6.45, 7) is 10.8. The van der Waals surface area contributed by atoms with Crippen LogP contribution in [0.2, 0.25) is 5.82 Å². The molecule has 2 fully saturated rings. The van der Waals surface area contributed by atoms with Crippen LogP contribution in [0.5, 0.6) is 0 Å². The van der Waals surface area contributed by atoms with Crippen molar-refractivity contribution >= 4 is 7.12 Å². The van der Waals surface area contributed by atoms with Gasteiger partial charge in [0.15, 0.2) is 0 Å². The summed E-state index contributed by atoms with van der Waals surface area (Å²) in [6, 6.07) is 0. The zero-order chi connectivity index (χ0) is 12.0. The zero-order valence-electron chi connectivity index (χ0n) is 11.4. The maximum atomic E-state index is 6.08. The molecule has 1 aliphatic heterocycles. The Hall–Kier alpha value is -0.0151. The lowest BCUT2D eigenvalue weighted by Crippen LogP contribution is -2.41. The van der Waals surface area contributed by atoms with Gasteiger partial charge in [0.2, 0.25) is 0 Å². The molecule has 0 aromatic heterocycles. The minimum atomic E-state index is -0.157. The summed E-state index contributed by atoms with van der Waals surface area (Å²) >= 11 is 0. The maximum Gasteiger partial charge on any atom is 0.461 e. The Kier molecular flexibility index (Phi) is 3.13. The van der Waals surface area contributed by atoms with Crippen LogP contribution in [-0.4, -0.2) is 18.3 Å². The summed E-state index contributed by atoms with van der Waals surface area (Å²) in [5.41, 5.74) is -0.314. The Morgan fingerprint density at radius 3 is 2.19 bits per heavy atom. The second kappa shape index (κ2) is 4.02. The summed E-state index contributed by atoms with van der Waals surface area (Å²) in [5, 5.41) is 0. The summed E-state index contributed by atoms with van der Waals surface area (Å²) in [4.78, 5) is 0. The van der Waals surface area contributed by atoms with Crippen LogP contribution in [0.4, 0.5) is 0 Å². The fraction of sp³-hybridized carbons (Fsp3) is 1.00. The molecule has 2 atom stereocenters. The third kappa shape index (κ3) is 2.17. The Labute approximate surface area is 100 Å². The van der Waals surface area contributed by atoms with Crippen LogP contribution in [0.25, 0.3) is 0 Å². The van der Waals surface area contributed by atoms with E-state index in [0.29, 0.717) is 5.82 Å². The monoisotopic (exact) mass is 224 g/mol. The normalized spacial score (nSPS) is 35.4. The van der Waals surface area contributed by atoms with Crippen molar-refractivity contribution in [1.29, 1.82) is 0 Å². The number of rotatable bonds is 4. The third-order valence-electron chi connectivity index (χ3n) is 4.53. The minimum absolute atomic E-state index is 0.0480. The van der Waals surface area contributed by atoms with E-state index in [0.717, 1.165) is 5.92 Å². The smallest absolute Gasteiger partial charge is 0.403 e. The molecular weight excluding hydrogens is 199 g/mol. The number of hydrogen-bond acceptors (Lipinski definition) is 2. The van der Waals surface area contributed by atoms with Gasteiger partial charge in [0.1, 0.15) is 0 Å². The van der Waals surface area contributed by atoms with Crippen molar-refractivity contribution in [3.63, 3.8) is 0 Å². The highest BCUT2D eigenvalue weighted by Crippen LogP contribution is 2.54. The van der Waals surface area contributed by atoms with Gasteiger partial charge in [-0.25, -0.2) is 0 Å². The van der Waals surface area contributed by atoms with Gasteiger partial charge in [-0.15, -0.1) is 0 Å². The highest BCUT2D eigenvalue weighted by atomic mass is 16.7. The van der Waals surface area contributed by atoms with Crippen molar-refractivity contribution in [2.24, 2.45) is 5.92 Å². The van der Waals surface area contributed by atoms with Gasteiger partial charge in [0.05, 0.1) is 11.2 Å². The van der Waals surface area contributed by atoms with Crippen molar-refractivity contribution in [2.45, 2.75) is 77.3 Å². The van der Waals surface area contributed by atoms with Gasteiger partial charge in [0.25, 0.3) is 0 Å². The third-order valence-corrected chi connectivity index (χ3v) is 4.53. The van der Waals surface area contributed by atoms with E-state index in [9.17, 15) is 0 Å². The molecule has 0 aromatic carbocycles. The first-order valence-electron chi connectivity index (χ1n) is 6.73. The fourth-order valence-electron chi connectivity index (χ4n) is 2.47. The van der Waals surface area contributed by atoms with Gasteiger partial charge in [-0.1, -0.05) is 26.2 Å². The first-order valence-corrected chi connectivity index (χ1v) is 6.73. The highest BCUT2D eigenvalue weighted by molar-refractivity contribution is 6.48. The number of hydrogen-bond donors (Lipinski definition) is 0. The lowest BCUT2D eigenvalue weighted by Gasteiger charge is -2.32. The first kappa shape index (κ1) is 12.4. The van der Waals surface area contributed by atoms with Crippen LogP contribution in [0.1, 0.15) is 60.3 Å². The van der Waals surface area contributed by atoms with E-state index in [4.69, 9.17) is 9.31 Å². The van der Waals surface area contributed by atoms with Crippen molar-refractivity contribution in [3.8, 4) is 0 Å². The van der Waals surface area contributed by atoms with Crippen LogP contribution in [0.3, 0.4) is 0 Å². The van der Waals surface area contributed by atoms with Gasteiger partial charge in [-0.05, 0) is 45.9 Å². The molecule has 1 aliphatic carbocycles. The van der Waals surface area contributed by atoms with E-state index in [1.165, 1.54) is 25.7 Å². The quantitative estimate of drug-likeness (QED) is 0.678. The van der Waals surface area contributed by atoms with Crippen LogP contribution < -0.4 is 0 Å². The summed E-state index contributed by atoms with van der Waals surface area (Å²) < 4.78 is 12.2. The van der Waals surface area contributed by atoms with Gasteiger partial charge < -0.3 is 9.31 Å². The van der Waals surface area contributed by atoms with Crippen molar-refractivity contribution in [1.82, 2.24) is 0 Å². The van der Waals surface area contributed by atoms with Gasteiger partial charge in [-0.2, -0.15) is 0 Å². The Bertz CT molecular complexity index is 247. The molecule has 2 nitrogen and oxygen atoms in total. The summed E-state index contributed by atoms with van der Waals surface area (Å²) in [5.74, 6) is 1.52. The lowest BCUT2D eigenvalue weighted by molar-refractivity contribution is 0.00578. The van der Waals surface area contributed by atoms with Gasteiger partial charge in [-0.3, -0.25) is 0 Å². The van der Waals surface area contributed by atoms with E-state index in [1.807, 2.05) is 0 Å². The molecule has 0 aromatic rings. The van der Waals surface area contributed by atoms with E-state index in [-0.39, 0.29) is 18.3 Å². The average molecular weight is 224 g/mol. The molecular formula is C13H25BO2. The summed E-state index contributed by atoms with van der Waals surface area (Å²) in [7, 11) is 0.0480. The second-order valence-corrected chi connectivity index (χ2v) is 6.43.